The molecule has 0 N–H and O–H groups in total. The fourth-order valence-electron chi connectivity index (χ4n) is 0.249. The van der Waals surface area contributed by atoms with Gasteiger partial charge in [-0.15, -0.1) is 0 Å². The van der Waals surface area contributed by atoms with Crippen molar-refractivity contribution < 1.29 is 0 Å². The third-order valence-corrected chi connectivity index (χ3v) is 1.11. The zero-order valence-electron chi connectivity index (χ0n) is 3.43. The molecule has 0 aliphatic heterocycles. The lowest BCUT2D eigenvalue weighted by Gasteiger charge is -1.62. The Labute approximate surface area is 40.8 Å². The van der Waals surface area contributed by atoms with E-state index >= 15 is 0 Å². The van der Waals surface area contributed by atoms with Crippen LogP contribution in [-0.2, 0) is 0 Å². The van der Waals surface area contributed by atoms with Crippen molar-refractivity contribution in [2.75, 3.05) is 0 Å². The molecule has 1 aromatic heterocycles. The first kappa shape index (κ1) is 3.81. The minimum Gasteiger partial charge on any atom is -0.200 e. The molecular formula is C4H4NS. The Morgan fingerprint density at radius 2 is 2.83 bits per heavy atom. The van der Waals surface area contributed by atoms with Gasteiger partial charge in [0.05, 0.1) is 0 Å². The molecule has 1 radical (unpaired) electrons. The second-order valence-electron chi connectivity index (χ2n) is 1.03. The van der Waals surface area contributed by atoms with E-state index in [9.17, 15) is 0 Å². The number of aromatic nitrogens is 1. The summed E-state index contributed by atoms with van der Waals surface area (Å²) >= 11 is 1.47. The molecule has 2 heteroatoms. The molecule has 0 aliphatic carbocycles. The molecule has 0 saturated heterocycles. The van der Waals surface area contributed by atoms with Gasteiger partial charge in [0.2, 0.25) is 0 Å². The van der Waals surface area contributed by atoms with Crippen LogP contribution in [0.3, 0.4) is 0 Å². The van der Waals surface area contributed by atoms with Gasteiger partial charge in [0, 0.05) is 17.1 Å². The summed E-state index contributed by atoms with van der Waals surface area (Å²) in [6.07, 6.45) is 1.68. The molecule has 0 bridgehead atoms. The van der Waals surface area contributed by atoms with Crippen LogP contribution >= 0.6 is 11.5 Å². The average molecular weight is 98.2 g/mol. The van der Waals surface area contributed by atoms with Gasteiger partial charge in [-0.25, -0.2) is 4.37 Å². The van der Waals surface area contributed by atoms with Gasteiger partial charge in [-0.1, -0.05) is 0 Å². The van der Waals surface area contributed by atoms with Crippen molar-refractivity contribution in [1.29, 1.82) is 0 Å². The number of hydrogen-bond acceptors (Lipinski definition) is 2. The Kier molecular flexibility index (Phi) is 0.881. The standard InChI is InChI=1S/C4H4NS/c1-4-2-3-5-6-4/h3H,1H3. The molecule has 0 fully saturated rings. The maximum atomic E-state index is 3.81. The summed E-state index contributed by atoms with van der Waals surface area (Å²) in [6.45, 7) is 1.98. The Morgan fingerprint density at radius 1 is 2.00 bits per heavy atom. The van der Waals surface area contributed by atoms with Crippen LogP contribution < -0.4 is 0 Å². The number of hydrogen-bond donors (Lipinski definition) is 0. The summed E-state index contributed by atoms with van der Waals surface area (Å²) in [7, 11) is 0. The van der Waals surface area contributed by atoms with Crippen LogP contribution in [0.15, 0.2) is 6.20 Å². The van der Waals surface area contributed by atoms with E-state index in [-0.39, 0.29) is 0 Å². The lowest BCUT2D eigenvalue weighted by molar-refractivity contribution is 1.55. The molecule has 0 aromatic carbocycles. The average Bonchev–Trinajstić information content (AvgIpc) is 1.86. The topological polar surface area (TPSA) is 12.9 Å². The van der Waals surface area contributed by atoms with Gasteiger partial charge in [0.1, 0.15) is 0 Å². The van der Waals surface area contributed by atoms with E-state index in [1.165, 1.54) is 11.5 Å². The first-order valence-electron chi connectivity index (χ1n) is 1.68. The van der Waals surface area contributed by atoms with Crippen LogP contribution in [0, 0.1) is 13.0 Å². The van der Waals surface area contributed by atoms with Gasteiger partial charge in [-0.05, 0) is 18.5 Å². The summed E-state index contributed by atoms with van der Waals surface area (Å²) in [6, 6.07) is 2.91. The van der Waals surface area contributed by atoms with Crippen molar-refractivity contribution >= 4 is 11.5 Å². The lowest BCUT2D eigenvalue weighted by atomic mass is 10.6. The lowest BCUT2D eigenvalue weighted by Crippen LogP contribution is -1.44. The van der Waals surface area contributed by atoms with Crippen LogP contribution in [0.4, 0.5) is 0 Å². The summed E-state index contributed by atoms with van der Waals surface area (Å²) in [5.41, 5.74) is 0. The van der Waals surface area contributed by atoms with Crippen molar-refractivity contribution in [3.8, 4) is 0 Å². The molecular weight excluding hydrogens is 94.1 g/mol. The van der Waals surface area contributed by atoms with Crippen molar-refractivity contribution in [2.45, 2.75) is 6.92 Å². The van der Waals surface area contributed by atoms with Crippen molar-refractivity contribution in [3.63, 3.8) is 0 Å². The van der Waals surface area contributed by atoms with Crippen LogP contribution in [0.2, 0.25) is 0 Å². The zero-order valence-corrected chi connectivity index (χ0v) is 4.25. The molecule has 0 atom stereocenters. The number of nitrogens with zero attached hydrogens (tertiary/aromatic N) is 1. The Morgan fingerprint density at radius 3 is 3.00 bits per heavy atom. The van der Waals surface area contributed by atoms with Gasteiger partial charge in [-0.3, -0.25) is 0 Å². The summed E-state index contributed by atoms with van der Waals surface area (Å²) in [5.74, 6) is 0. The summed E-state index contributed by atoms with van der Waals surface area (Å²) < 4.78 is 3.81. The fraction of sp³-hybridized carbons (Fsp3) is 0.250. The Bertz CT molecular complexity index is 111. The second kappa shape index (κ2) is 1.39. The SMILES string of the molecule is Cc1[c]cns1. The minimum absolute atomic E-state index is 1.15. The van der Waals surface area contributed by atoms with E-state index in [4.69, 9.17) is 0 Å². The van der Waals surface area contributed by atoms with Crippen LogP contribution in [-0.4, -0.2) is 4.37 Å². The molecule has 0 saturated carbocycles. The van der Waals surface area contributed by atoms with E-state index in [0.29, 0.717) is 0 Å². The third kappa shape index (κ3) is 0.571. The first-order valence-corrected chi connectivity index (χ1v) is 2.46. The van der Waals surface area contributed by atoms with E-state index in [1.54, 1.807) is 6.20 Å². The number of aryl methyl sites for hydroxylation is 1. The number of rotatable bonds is 0. The molecule has 31 valence electrons. The quantitative estimate of drug-likeness (QED) is 0.476. The third-order valence-electron chi connectivity index (χ3n) is 0.510. The molecule has 0 spiro atoms. The predicted molar refractivity (Wildman–Crippen MR) is 25.7 cm³/mol. The maximum Gasteiger partial charge on any atom is 0.0489 e. The highest BCUT2D eigenvalue weighted by molar-refractivity contribution is 7.05. The van der Waals surface area contributed by atoms with Crippen molar-refractivity contribution in [1.82, 2.24) is 4.37 Å². The Hall–Kier alpha value is -0.370. The van der Waals surface area contributed by atoms with Crippen molar-refractivity contribution in [3.05, 3.63) is 17.1 Å². The monoisotopic (exact) mass is 98.0 g/mol. The smallest absolute Gasteiger partial charge is 0.0489 e. The molecule has 1 aromatic rings. The second-order valence-corrected chi connectivity index (χ2v) is 2.03. The van der Waals surface area contributed by atoms with Gasteiger partial charge in [0.15, 0.2) is 0 Å². The van der Waals surface area contributed by atoms with E-state index in [1.807, 2.05) is 6.92 Å². The van der Waals surface area contributed by atoms with Gasteiger partial charge < -0.3 is 0 Å². The largest absolute Gasteiger partial charge is 0.200 e. The molecule has 1 nitrogen and oxygen atoms in total. The molecule has 0 amide bonds. The minimum atomic E-state index is 1.15. The first-order chi connectivity index (χ1) is 2.89. The van der Waals surface area contributed by atoms with Crippen molar-refractivity contribution in [2.24, 2.45) is 0 Å². The highest BCUT2D eigenvalue weighted by Gasteiger charge is 1.77. The van der Waals surface area contributed by atoms with Gasteiger partial charge >= 0.3 is 0 Å². The molecule has 6 heavy (non-hydrogen) atoms. The molecule has 1 rings (SSSR count). The highest BCUT2D eigenvalue weighted by atomic mass is 32.1. The zero-order chi connectivity index (χ0) is 4.41. The van der Waals surface area contributed by atoms with Crippen LogP contribution in [0.1, 0.15) is 4.88 Å². The van der Waals surface area contributed by atoms with E-state index in [0.717, 1.165) is 4.88 Å². The maximum absolute atomic E-state index is 3.81. The van der Waals surface area contributed by atoms with Crippen LogP contribution in [0.25, 0.3) is 0 Å². The summed E-state index contributed by atoms with van der Waals surface area (Å²) in [4.78, 5) is 1.15. The predicted octanol–water partition coefficient (Wildman–Crippen LogP) is 1.25. The molecule has 1 heterocycles. The van der Waals surface area contributed by atoms with E-state index < -0.39 is 0 Å². The molecule has 0 aliphatic rings. The molecule has 0 unspecified atom stereocenters. The van der Waals surface area contributed by atoms with Gasteiger partial charge in [-0.2, -0.15) is 0 Å². The van der Waals surface area contributed by atoms with Crippen LogP contribution in [0.5, 0.6) is 0 Å². The normalized spacial score (nSPS) is 8.83. The summed E-state index contributed by atoms with van der Waals surface area (Å²) in [5, 5.41) is 0. The van der Waals surface area contributed by atoms with Gasteiger partial charge in [0.25, 0.3) is 0 Å². The van der Waals surface area contributed by atoms with E-state index in [2.05, 4.69) is 10.4 Å². The highest BCUT2D eigenvalue weighted by Crippen LogP contribution is 1.97. The Balaban J connectivity index is 3.05. The fourth-order valence-corrected chi connectivity index (χ4v) is 0.618.